The molecule has 3 atom stereocenters. The Morgan fingerprint density at radius 1 is 1.29 bits per heavy atom. The Morgan fingerprint density at radius 2 is 2.14 bits per heavy atom. The molecule has 1 aromatic carbocycles. The summed E-state index contributed by atoms with van der Waals surface area (Å²) in [5.41, 5.74) is 4.07. The molecule has 0 radical (unpaired) electrons. The fraction of sp³-hybridized carbons (Fsp3) is 0.625. The molecule has 0 aromatic heterocycles. The normalized spacial score (nSPS) is 36.1. The van der Waals surface area contributed by atoms with Crippen LogP contribution < -0.4 is 9.47 Å². The summed E-state index contributed by atoms with van der Waals surface area (Å²) < 4.78 is 11.4. The largest absolute Gasteiger partial charge is 0.493 e. The van der Waals surface area contributed by atoms with Crippen molar-refractivity contribution < 1.29 is 14.3 Å². The Balaban J connectivity index is 1.59. The molecule has 1 aromatic rings. The van der Waals surface area contributed by atoms with E-state index in [0.29, 0.717) is 24.0 Å². The van der Waals surface area contributed by atoms with Gasteiger partial charge in [-0.2, -0.15) is 0 Å². The highest BCUT2D eigenvalue weighted by Crippen LogP contribution is 2.67. The van der Waals surface area contributed by atoms with Crippen LogP contribution in [-0.2, 0) is 16.6 Å². The first-order valence-corrected chi connectivity index (χ1v) is 10.9. The molecule has 2 heterocycles. The van der Waals surface area contributed by atoms with Crippen molar-refractivity contribution in [3.63, 3.8) is 0 Å². The Morgan fingerprint density at radius 3 is 2.86 bits per heavy atom. The Hall–Kier alpha value is -1.81. The van der Waals surface area contributed by atoms with Crippen LogP contribution in [0.25, 0.3) is 0 Å². The smallest absolute Gasteiger partial charge is 0.312 e. The third kappa shape index (κ3) is 2.07. The van der Waals surface area contributed by atoms with Crippen LogP contribution in [0.5, 0.6) is 11.5 Å². The number of benzene rings is 1. The molecule has 0 N–H and O–H groups in total. The number of likely N-dealkylation sites (tertiary alicyclic amines) is 1. The zero-order valence-electron chi connectivity index (χ0n) is 16.9. The van der Waals surface area contributed by atoms with E-state index in [1.807, 2.05) is 6.07 Å². The van der Waals surface area contributed by atoms with Gasteiger partial charge in [-0.1, -0.05) is 17.7 Å². The van der Waals surface area contributed by atoms with Gasteiger partial charge >= 0.3 is 5.97 Å². The minimum Gasteiger partial charge on any atom is -0.493 e. The van der Waals surface area contributed by atoms with Gasteiger partial charge < -0.3 is 9.47 Å². The number of ether oxygens (including phenoxy) is 2. The average molecular weight is 380 g/mol. The number of piperidine rings is 1. The Kier molecular flexibility index (Phi) is 3.43. The summed E-state index contributed by atoms with van der Waals surface area (Å²) in [6, 6.07) is 4.73. The van der Waals surface area contributed by atoms with E-state index in [0.717, 1.165) is 38.1 Å². The number of nitrogens with zero attached hydrogens (tertiary/aromatic N) is 1. The predicted molar refractivity (Wildman–Crippen MR) is 107 cm³/mol. The van der Waals surface area contributed by atoms with E-state index in [1.165, 1.54) is 36.1 Å². The molecule has 1 saturated heterocycles. The molecule has 4 heteroatoms. The molecule has 2 aliphatic heterocycles. The highest BCUT2D eigenvalue weighted by molar-refractivity contribution is 5.81. The third-order valence-electron chi connectivity index (χ3n) is 8.36. The number of carbonyl (C=O) groups excluding carboxylic acids is 1. The van der Waals surface area contributed by atoms with Gasteiger partial charge in [-0.3, -0.25) is 9.69 Å². The molecule has 0 amide bonds. The molecule has 1 saturated carbocycles. The number of hydrogen-bond acceptors (Lipinski definition) is 4. The summed E-state index contributed by atoms with van der Waals surface area (Å²) in [6.45, 7) is 4.60. The molecule has 2 bridgehead atoms. The second kappa shape index (κ2) is 5.63. The second-order valence-corrected chi connectivity index (χ2v) is 9.80. The van der Waals surface area contributed by atoms with E-state index in [4.69, 9.17) is 9.47 Å². The minimum atomic E-state index is -0.137. The second-order valence-electron chi connectivity index (χ2n) is 9.80. The zero-order valence-corrected chi connectivity index (χ0v) is 16.9. The third-order valence-corrected chi connectivity index (χ3v) is 8.36. The van der Waals surface area contributed by atoms with Crippen LogP contribution in [0.15, 0.2) is 23.8 Å². The van der Waals surface area contributed by atoms with Crippen LogP contribution in [0.3, 0.4) is 0 Å². The van der Waals surface area contributed by atoms with Gasteiger partial charge in [-0.05, 0) is 69.5 Å². The van der Waals surface area contributed by atoms with E-state index in [9.17, 15) is 4.79 Å². The van der Waals surface area contributed by atoms with Gasteiger partial charge in [0.05, 0.1) is 13.5 Å². The van der Waals surface area contributed by atoms with E-state index in [1.54, 1.807) is 7.11 Å². The van der Waals surface area contributed by atoms with E-state index >= 15 is 0 Å². The maximum atomic E-state index is 12.9. The minimum absolute atomic E-state index is 0.0534. The van der Waals surface area contributed by atoms with Gasteiger partial charge in [0.25, 0.3) is 0 Å². The van der Waals surface area contributed by atoms with Gasteiger partial charge in [-0.15, -0.1) is 0 Å². The van der Waals surface area contributed by atoms with Gasteiger partial charge in [0.2, 0.25) is 0 Å². The highest BCUT2D eigenvalue weighted by Gasteiger charge is 2.66. The van der Waals surface area contributed by atoms with Crippen molar-refractivity contribution >= 4 is 5.97 Å². The topological polar surface area (TPSA) is 38.8 Å². The lowest BCUT2D eigenvalue weighted by atomic mass is 9.46. The predicted octanol–water partition coefficient (Wildman–Crippen LogP) is 4.01. The molecular weight excluding hydrogens is 350 g/mol. The molecule has 2 fully saturated rings. The van der Waals surface area contributed by atoms with Crippen molar-refractivity contribution in [2.75, 3.05) is 20.2 Å². The van der Waals surface area contributed by atoms with Crippen LogP contribution in [0.2, 0.25) is 0 Å². The summed E-state index contributed by atoms with van der Waals surface area (Å²) in [6.07, 6.45) is 10.3. The highest BCUT2D eigenvalue weighted by atomic mass is 16.6. The molecule has 148 valence electrons. The summed E-state index contributed by atoms with van der Waals surface area (Å²) >= 11 is 0. The Labute approximate surface area is 166 Å². The first kappa shape index (κ1) is 17.1. The number of hydrogen-bond donors (Lipinski definition) is 0. The molecular formula is C24H29NO3. The molecule has 5 aliphatic rings. The van der Waals surface area contributed by atoms with Crippen molar-refractivity contribution in [3.05, 3.63) is 34.9 Å². The summed E-state index contributed by atoms with van der Waals surface area (Å²) in [5, 5.41) is 0. The molecule has 2 spiro atoms. The molecule has 0 unspecified atom stereocenters. The van der Waals surface area contributed by atoms with Crippen LogP contribution in [0, 0.1) is 11.3 Å². The number of allylic oxidation sites excluding steroid dienone is 1. The molecule has 3 aliphatic carbocycles. The average Bonchev–Trinajstić information content (AvgIpc) is 3.40. The summed E-state index contributed by atoms with van der Waals surface area (Å²) in [4.78, 5) is 15.7. The van der Waals surface area contributed by atoms with Crippen LogP contribution >= 0.6 is 0 Å². The van der Waals surface area contributed by atoms with E-state index in [-0.39, 0.29) is 16.8 Å². The lowest BCUT2D eigenvalue weighted by Crippen LogP contribution is -2.67. The lowest BCUT2D eigenvalue weighted by molar-refractivity contribution is -0.143. The van der Waals surface area contributed by atoms with Gasteiger partial charge in [0.15, 0.2) is 11.5 Å². The van der Waals surface area contributed by atoms with Crippen molar-refractivity contribution in [2.45, 2.75) is 63.3 Å². The first-order valence-electron chi connectivity index (χ1n) is 10.9. The van der Waals surface area contributed by atoms with Gasteiger partial charge in [-0.25, -0.2) is 0 Å². The summed E-state index contributed by atoms with van der Waals surface area (Å²) in [5.74, 6) is 2.22. The molecule has 28 heavy (non-hydrogen) atoms. The number of esters is 1. The van der Waals surface area contributed by atoms with E-state index in [2.05, 4.69) is 24.0 Å². The quantitative estimate of drug-likeness (QED) is 0.452. The van der Waals surface area contributed by atoms with Crippen LogP contribution in [0.1, 0.15) is 56.6 Å². The number of methoxy groups -OCH3 is 1. The standard InChI is InChI=1S/C24H29NO3/c1-15-7-8-23(12-15)19-11-17-5-6-18(27-2)22-21(17)24(23,13-20(26)28-22)9-10-25(19)14-16-3-4-16/h5-6,12,16,19H,3-4,7-11,13-14H2,1-2H3/t19-,23+,24-/m1/s1. The SMILES string of the molecule is COc1ccc2c3c1OC(=O)C[C@]31CCN(CC3CC3)[C@H](C2)[C@]12C=C(C)CC2. The molecule has 6 rings (SSSR count). The van der Waals surface area contributed by atoms with Crippen LogP contribution in [0.4, 0.5) is 0 Å². The molecule has 4 nitrogen and oxygen atoms in total. The van der Waals surface area contributed by atoms with Crippen molar-refractivity contribution in [1.82, 2.24) is 4.90 Å². The van der Waals surface area contributed by atoms with Crippen molar-refractivity contribution in [2.24, 2.45) is 11.3 Å². The number of rotatable bonds is 3. The van der Waals surface area contributed by atoms with E-state index < -0.39 is 0 Å². The first-order chi connectivity index (χ1) is 13.6. The fourth-order valence-electron chi connectivity index (χ4n) is 7.02. The lowest BCUT2D eigenvalue weighted by Gasteiger charge is -2.63. The number of carbonyl (C=O) groups is 1. The summed E-state index contributed by atoms with van der Waals surface area (Å²) in [7, 11) is 1.67. The van der Waals surface area contributed by atoms with Crippen molar-refractivity contribution in [3.8, 4) is 11.5 Å². The Bertz CT molecular complexity index is 901. The van der Waals surface area contributed by atoms with Gasteiger partial charge in [0, 0.05) is 29.0 Å². The maximum absolute atomic E-state index is 12.9. The van der Waals surface area contributed by atoms with Crippen molar-refractivity contribution in [1.29, 1.82) is 0 Å². The fourth-order valence-corrected chi connectivity index (χ4v) is 7.02. The maximum Gasteiger partial charge on any atom is 0.312 e. The van der Waals surface area contributed by atoms with Gasteiger partial charge in [0.1, 0.15) is 0 Å². The zero-order chi connectivity index (χ0) is 19.1. The monoisotopic (exact) mass is 379 g/mol. The van der Waals surface area contributed by atoms with Crippen LogP contribution in [-0.4, -0.2) is 37.1 Å².